The fraction of sp³-hybridized carbons (Fsp3) is 0.419. The summed E-state index contributed by atoms with van der Waals surface area (Å²) in [5.74, 6) is -1.47. The molecule has 0 aromatic heterocycles. The molecule has 0 saturated carbocycles. The summed E-state index contributed by atoms with van der Waals surface area (Å²) in [6, 6.07) is 13.1. The SMILES string of the molecule is CCCCCCCCCCOc1ccc(/C=C/C(=O)Oc2ccc(C(=O)OC(C(C)=O)C(C)=O)cc2)cc1. The summed E-state index contributed by atoms with van der Waals surface area (Å²) in [5, 5.41) is 0. The number of benzene rings is 2. The predicted molar refractivity (Wildman–Crippen MR) is 146 cm³/mol. The van der Waals surface area contributed by atoms with Gasteiger partial charge in [-0.1, -0.05) is 64.0 Å². The molecule has 0 atom stereocenters. The predicted octanol–water partition coefficient (Wildman–Crippen LogP) is 6.53. The molecule has 0 aliphatic carbocycles. The fourth-order valence-corrected chi connectivity index (χ4v) is 3.70. The van der Waals surface area contributed by atoms with Gasteiger partial charge in [-0.15, -0.1) is 0 Å². The minimum absolute atomic E-state index is 0.123. The Kier molecular flexibility index (Phi) is 13.6. The molecule has 7 nitrogen and oxygen atoms in total. The molecule has 2 aromatic carbocycles. The van der Waals surface area contributed by atoms with Crippen molar-refractivity contribution in [2.75, 3.05) is 6.61 Å². The van der Waals surface area contributed by atoms with Crippen molar-refractivity contribution in [1.82, 2.24) is 0 Å². The maximum atomic E-state index is 12.2. The lowest BCUT2D eigenvalue weighted by Gasteiger charge is -2.12. The molecule has 0 spiro atoms. The standard InChI is InChI=1S/C31H38O7/c1-4-5-6-7-8-9-10-11-22-36-27-17-12-25(13-18-27)14-21-29(34)37-28-19-15-26(16-20-28)31(35)38-30(23(2)32)24(3)33/h12-21,30H,4-11,22H2,1-3H3/b21-14+. The minimum Gasteiger partial charge on any atom is -0.494 e. The third-order valence-electron chi connectivity index (χ3n) is 5.83. The van der Waals surface area contributed by atoms with Crippen LogP contribution in [-0.2, 0) is 19.1 Å². The van der Waals surface area contributed by atoms with Gasteiger partial charge in [0.25, 0.3) is 0 Å². The van der Waals surface area contributed by atoms with E-state index in [1.165, 1.54) is 89.1 Å². The molecule has 0 aliphatic rings. The van der Waals surface area contributed by atoms with Crippen molar-refractivity contribution in [1.29, 1.82) is 0 Å². The number of carbonyl (C=O) groups excluding carboxylic acids is 4. The Morgan fingerprint density at radius 2 is 1.29 bits per heavy atom. The Balaban J connectivity index is 1.73. The second kappa shape index (κ2) is 16.9. The molecule has 2 aromatic rings. The van der Waals surface area contributed by atoms with Gasteiger partial charge in [-0.3, -0.25) is 9.59 Å². The van der Waals surface area contributed by atoms with E-state index in [0.29, 0.717) is 6.61 Å². The highest BCUT2D eigenvalue weighted by molar-refractivity contribution is 6.05. The van der Waals surface area contributed by atoms with Crippen molar-refractivity contribution in [3.8, 4) is 11.5 Å². The molecule has 2 rings (SSSR count). The van der Waals surface area contributed by atoms with Crippen LogP contribution in [0.5, 0.6) is 11.5 Å². The van der Waals surface area contributed by atoms with E-state index in [0.717, 1.165) is 17.7 Å². The molecule has 0 fully saturated rings. The summed E-state index contributed by atoms with van der Waals surface area (Å²) in [6.45, 7) is 5.28. The Morgan fingerprint density at radius 1 is 0.737 bits per heavy atom. The maximum absolute atomic E-state index is 12.2. The highest BCUT2D eigenvalue weighted by Gasteiger charge is 2.24. The molecule has 38 heavy (non-hydrogen) atoms. The first kappa shape index (κ1) is 30.5. The van der Waals surface area contributed by atoms with Crippen LogP contribution in [-0.4, -0.2) is 36.2 Å². The Morgan fingerprint density at radius 3 is 1.87 bits per heavy atom. The van der Waals surface area contributed by atoms with Crippen molar-refractivity contribution in [2.45, 2.75) is 78.2 Å². The van der Waals surface area contributed by atoms with Gasteiger partial charge in [0.1, 0.15) is 11.5 Å². The van der Waals surface area contributed by atoms with Gasteiger partial charge in [0.05, 0.1) is 12.2 Å². The van der Waals surface area contributed by atoms with E-state index in [9.17, 15) is 19.2 Å². The monoisotopic (exact) mass is 522 g/mol. The molecule has 0 heterocycles. The molecule has 0 bridgehead atoms. The quantitative estimate of drug-likeness (QED) is 0.0766. The number of esters is 2. The number of ketones is 2. The first-order valence-corrected chi connectivity index (χ1v) is 13.2. The minimum atomic E-state index is -1.43. The van der Waals surface area contributed by atoms with Crippen LogP contribution in [0.2, 0.25) is 0 Å². The highest BCUT2D eigenvalue weighted by Crippen LogP contribution is 2.17. The van der Waals surface area contributed by atoms with Gasteiger partial charge in [0.15, 0.2) is 11.6 Å². The van der Waals surface area contributed by atoms with Crippen molar-refractivity contribution in [2.24, 2.45) is 0 Å². The number of Topliss-reactive ketones (excluding diaryl/α,β-unsaturated/α-hetero) is 2. The maximum Gasteiger partial charge on any atom is 0.339 e. The number of unbranched alkanes of at least 4 members (excludes halogenated alkanes) is 7. The van der Waals surface area contributed by atoms with E-state index in [1.54, 1.807) is 6.08 Å². The summed E-state index contributed by atoms with van der Waals surface area (Å²) >= 11 is 0. The van der Waals surface area contributed by atoms with Crippen LogP contribution in [0.3, 0.4) is 0 Å². The smallest absolute Gasteiger partial charge is 0.339 e. The average molecular weight is 523 g/mol. The van der Waals surface area contributed by atoms with Gasteiger partial charge in [-0.25, -0.2) is 9.59 Å². The van der Waals surface area contributed by atoms with Crippen LogP contribution in [0, 0.1) is 0 Å². The molecule has 0 amide bonds. The van der Waals surface area contributed by atoms with E-state index in [2.05, 4.69) is 6.92 Å². The number of carbonyl (C=O) groups is 4. The second-order valence-electron chi connectivity index (χ2n) is 9.18. The van der Waals surface area contributed by atoms with Gasteiger partial charge in [-0.05, 0) is 68.3 Å². The summed E-state index contributed by atoms with van der Waals surface area (Å²) in [5.41, 5.74) is 0.947. The summed E-state index contributed by atoms with van der Waals surface area (Å²) in [6.07, 6.45) is 11.6. The normalized spacial score (nSPS) is 10.9. The van der Waals surface area contributed by atoms with E-state index in [4.69, 9.17) is 14.2 Å². The topological polar surface area (TPSA) is 96.0 Å². The lowest BCUT2D eigenvalue weighted by molar-refractivity contribution is -0.136. The third-order valence-corrected chi connectivity index (χ3v) is 5.83. The van der Waals surface area contributed by atoms with Gasteiger partial charge >= 0.3 is 11.9 Å². The first-order chi connectivity index (χ1) is 18.3. The van der Waals surface area contributed by atoms with Crippen LogP contribution in [0.25, 0.3) is 6.08 Å². The molecule has 0 aliphatic heterocycles. The zero-order valence-electron chi connectivity index (χ0n) is 22.6. The first-order valence-electron chi connectivity index (χ1n) is 13.2. The number of rotatable bonds is 17. The molecule has 0 radical (unpaired) electrons. The van der Waals surface area contributed by atoms with Crippen molar-refractivity contribution in [3.05, 3.63) is 65.7 Å². The Bertz CT molecular complexity index is 1050. The average Bonchev–Trinajstić information content (AvgIpc) is 2.90. The summed E-state index contributed by atoms with van der Waals surface area (Å²) in [7, 11) is 0. The fourth-order valence-electron chi connectivity index (χ4n) is 3.70. The Labute approximate surface area is 225 Å². The van der Waals surface area contributed by atoms with E-state index in [1.807, 2.05) is 24.3 Å². The van der Waals surface area contributed by atoms with Crippen molar-refractivity contribution < 1.29 is 33.4 Å². The lowest BCUT2D eigenvalue weighted by atomic mass is 10.1. The number of hydrogen-bond donors (Lipinski definition) is 0. The molecule has 0 saturated heterocycles. The van der Waals surface area contributed by atoms with Crippen LogP contribution in [0.15, 0.2) is 54.6 Å². The number of hydrogen-bond acceptors (Lipinski definition) is 7. The van der Waals surface area contributed by atoms with Crippen molar-refractivity contribution in [3.63, 3.8) is 0 Å². The lowest BCUT2D eigenvalue weighted by Crippen LogP contribution is -2.31. The van der Waals surface area contributed by atoms with Gasteiger partial charge < -0.3 is 14.2 Å². The van der Waals surface area contributed by atoms with Crippen LogP contribution in [0.1, 0.15) is 88.1 Å². The molecular weight excluding hydrogens is 484 g/mol. The second-order valence-corrected chi connectivity index (χ2v) is 9.18. The molecular formula is C31H38O7. The molecule has 0 unspecified atom stereocenters. The molecule has 7 heteroatoms. The third kappa shape index (κ3) is 11.5. The van der Waals surface area contributed by atoms with Crippen molar-refractivity contribution >= 4 is 29.6 Å². The zero-order chi connectivity index (χ0) is 27.8. The molecule has 0 N–H and O–H groups in total. The van der Waals surface area contributed by atoms with E-state index in [-0.39, 0.29) is 11.3 Å². The van der Waals surface area contributed by atoms with Crippen LogP contribution >= 0.6 is 0 Å². The Hall–Kier alpha value is -3.74. The van der Waals surface area contributed by atoms with Crippen LogP contribution in [0.4, 0.5) is 0 Å². The zero-order valence-corrected chi connectivity index (χ0v) is 22.6. The number of ether oxygens (including phenoxy) is 3. The summed E-state index contributed by atoms with van der Waals surface area (Å²) < 4.78 is 16.0. The van der Waals surface area contributed by atoms with E-state index >= 15 is 0 Å². The largest absolute Gasteiger partial charge is 0.494 e. The molecule has 204 valence electrons. The van der Waals surface area contributed by atoms with Gasteiger partial charge in [0, 0.05) is 6.08 Å². The van der Waals surface area contributed by atoms with E-state index < -0.39 is 29.6 Å². The highest BCUT2D eigenvalue weighted by atomic mass is 16.6. The van der Waals surface area contributed by atoms with Gasteiger partial charge in [0.2, 0.25) is 6.10 Å². The summed E-state index contributed by atoms with van der Waals surface area (Å²) in [4.78, 5) is 47.2. The van der Waals surface area contributed by atoms with Crippen LogP contribution < -0.4 is 9.47 Å². The van der Waals surface area contributed by atoms with Gasteiger partial charge in [-0.2, -0.15) is 0 Å².